The molecule has 3 aliphatic heterocycles. The molecule has 0 aromatic heterocycles. The maximum atomic E-state index is 14.6. The van der Waals surface area contributed by atoms with E-state index in [0.29, 0.717) is 19.3 Å². The zero-order chi connectivity index (χ0) is 47.6. The first-order valence-corrected chi connectivity index (χ1v) is 23.7. The molecular formula is C47H74O18. The van der Waals surface area contributed by atoms with E-state index in [0.717, 1.165) is 44.9 Å². The van der Waals surface area contributed by atoms with Gasteiger partial charge in [-0.2, -0.15) is 0 Å². The van der Waals surface area contributed by atoms with Gasteiger partial charge in [-0.05, 0) is 109 Å². The number of allylic oxidation sites excluding steroid dienone is 2. The molecular weight excluding hydrogens is 852 g/mol. The third-order valence-electron chi connectivity index (χ3n) is 18.9. The molecule has 22 atom stereocenters. The summed E-state index contributed by atoms with van der Waals surface area (Å²) in [6, 6.07) is 0. The van der Waals surface area contributed by atoms with E-state index in [1.54, 1.807) is 0 Å². The maximum Gasteiger partial charge on any atom is 0.335 e. The first-order chi connectivity index (χ1) is 30.3. The van der Waals surface area contributed by atoms with Crippen LogP contribution in [0.1, 0.15) is 113 Å². The molecule has 10 N–H and O–H groups in total. The first kappa shape index (κ1) is 49.5. The fraction of sp³-hybridized carbons (Fsp3) is 0.915. The van der Waals surface area contributed by atoms with Gasteiger partial charge in [-0.3, -0.25) is 4.79 Å². The Morgan fingerprint density at radius 3 is 2.05 bits per heavy atom. The summed E-state index contributed by atoms with van der Waals surface area (Å²) in [4.78, 5) is 27.2. The molecule has 5 aliphatic carbocycles. The lowest BCUT2D eigenvalue weighted by Gasteiger charge is -2.71. The molecule has 18 heteroatoms. The minimum atomic E-state index is -1.84. The van der Waals surface area contributed by atoms with Crippen molar-refractivity contribution in [3.63, 3.8) is 0 Å². The Kier molecular flexibility index (Phi) is 13.1. The van der Waals surface area contributed by atoms with Crippen molar-refractivity contribution in [3.05, 3.63) is 11.6 Å². The van der Waals surface area contributed by atoms with Crippen molar-refractivity contribution < 1.29 is 89.1 Å². The quantitative estimate of drug-likeness (QED) is 0.0918. The summed E-state index contributed by atoms with van der Waals surface area (Å²) in [5.41, 5.74) is -0.801. The van der Waals surface area contributed by atoms with E-state index >= 15 is 0 Å². The Morgan fingerprint density at radius 2 is 1.37 bits per heavy atom. The number of aliphatic carboxylic acids is 1. The lowest BCUT2D eigenvalue weighted by molar-refractivity contribution is -0.354. The molecule has 18 nitrogen and oxygen atoms in total. The number of carbonyl (C=O) groups excluding carboxylic acids is 1. The average Bonchev–Trinajstić information content (AvgIpc) is 3.24. The molecule has 8 rings (SSSR count). The van der Waals surface area contributed by atoms with Crippen LogP contribution in [-0.2, 0) is 38.0 Å². The van der Waals surface area contributed by atoms with E-state index in [1.807, 2.05) is 0 Å². The summed E-state index contributed by atoms with van der Waals surface area (Å²) >= 11 is 0. The molecule has 8 aliphatic rings. The summed E-state index contributed by atoms with van der Waals surface area (Å²) in [7, 11) is 0. The molecule has 0 aromatic carbocycles. The van der Waals surface area contributed by atoms with Gasteiger partial charge in [0.25, 0.3) is 0 Å². The molecule has 0 aromatic rings. The molecule has 2 unspecified atom stereocenters. The Morgan fingerprint density at radius 1 is 0.708 bits per heavy atom. The number of hydrogen-bond acceptors (Lipinski definition) is 17. The van der Waals surface area contributed by atoms with Gasteiger partial charge in [0.1, 0.15) is 61.0 Å². The number of fused-ring (bicyclic) bond motifs is 7. The van der Waals surface area contributed by atoms with Crippen LogP contribution in [0.2, 0.25) is 0 Å². The van der Waals surface area contributed by atoms with Gasteiger partial charge in [0.05, 0.1) is 24.7 Å². The van der Waals surface area contributed by atoms with Crippen LogP contribution in [0, 0.1) is 50.2 Å². The molecule has 0 bridgehead atoms. The van der Waals surface area contributed by atoms with Crippen molar-refractivity contribution in [2.75, 3.05) is 13.2 Å². The molecule has 4 saturated carbocycles. The monoisotopic (exact) mass is 926 g/mol. The van der Waals surface area contributed by atoms with Crippen LogP contribution < -0.4 is 0 Å². The normalized spacial score (nSPS) is 52.7. The number of carboxylic acids is 1. The van der Waals surface area contributed by atoms with Gasteiger partial charge in [0, 0.05) is 0 Å². The summed E-state index contributed by atoms with van der Waals surface area (Å²) < 4.78 is 34.9. The van der Waals surface area contributed by atoms with Crippen LogP contribution in [0.4, 0.5) is 0 Å². The van der Waals surface area contributed by atoms with Crippen molar-refractivity contribution in [1.82, 2.24) is 0 Å². The number of rotatable bonds is 8. The topological polar surface area (TPSA) is 292 Å². The second-order valence-electron chi connectivity index (χ2n) is 23.1. The standard InChI is InChI=1S/C47H74O18/c1-42(2)14-16-47(41(59)65-39-33(55)30(52)29(51)24(19-48)61-39)17-15-45(6)21(22(47)18-42)8-9-26-44(5)12-11-27(43(3,4)25(44)10-13-46(26,45)7)62-40-34(56)31(53)35(36(64-40)37(57)58)63-38-32(54)28(50)23(49)20-60-38/h8,22-36,38-40,48-56H,9-20H2,1-7H3,(H,57,58)/t22-,23+,24+,25?,26?,27+,28-,29+,30-,31+,32+,33+,34+,35-,36-,38-,39-,40+,44-,45+,46+,47-/m0/s1. The zero-order valence-electron chi connectivity index (χ0n) is 38.7. The van der Waals surface area contributed by atoms with E-state index in [-0.39, 0.29) is 39.4 Å². The van der Waals surface area contributed by atoms with Gasteiger partial charge in [0.15, 0.2) is 18.7 Å². The van der Waals surface area contributed by atoms with E-state index in [9.17, 15) is 60.7 Å². The van der Waals surface area contributed by atoms with E-state index in [2.05, 4.69) is 54.5 Å². The summed E-state index contributed by atoms with van der Waals surface area (Å²) in [5.74, 6) is -1.77. The predicted molar refractivity (Wildman–Crippen MR) is 225 cm³/mol. The Bertz CT molecular complexity index is 1820. The van der Waals surface area contributed by atoms with Crippen molar-refractivity contribution in [2.45, 2.75) is 205 Å². The number of carboxylic acid groups (broad SMARTS) is 1. The number of ether oxygens (including phenoxy) is 6. The van der Waals surface area contributed by atoms with Crippen LogP contribution >= 0.6 is 0 Å². The van der Waals surface area contributed by atoms with Crippen molar-refractivity contribution in [3.8, 4) is 0 Å². The van der Waals surface area contributed by atoms with Crippen LogP contribution in [0.5, 0.6) is 0 Å². The van der Waals surface area contributed by atoms with Crippen LogP contribution in [0.15, 0.2) is 11.6 Å². The van der Waals surface area contributed by atoms with Gasteiger partial charge in [-0.15, -0.1) is 0 Å². The molecule has 65 heavy (non-hydrogen) atoms. The van der Waals surface area contributed by atoms with Crippen LogP contribution in [0.3, 0.4) is 0 Å². The second kappa shape index (κ2) is 17.2. The average molecular weight is 927 g/mol. The number of carbonyl (C=O) groups is 2. The number of hydrogen-bond donors (Lipinski definition) is 10. The maximum absolute atomic E-state index is 14.6. The van der Waals surface area contributed by atoms with Gasteiger partial charge in [-0.25, -0.2) is 4.79 Å². The summed E-state index contributed by atoms with van der Waals surface area (Å²) in [6.45, 7) is 14.9. The Labute approximate surface area is 380 Å². The van der Waals surface area contributed by atoms with E-state index in [4.69, 9.17) is 28.4 Å². The highest BCUT2D eigenvalue weighted by atomic mass is 16.7. The second-order valence-corrected chi connectivity index (χ2v) is 23.1. The fourth-order valence-electron chi connectivity index (χ4n) is 14.7. The van der Waals surface area contributed by atoms with Crippen LogP contribution in [-0.4, -0.2) is 168 Å². The molecule has 0 spiro atoms. The molecule has 0 amide bonds. The largest absolute Gasteiger partial charge is 0.479 e. The van der Waals surface area contributed by atoms with E-state index in [1.165, 1.54) is 5.57 Å². The Balaban J connectivity index is 1.01. The number of aliphatic hydroxyl groups is 9. The molecule has 0 radical (unpaired) electrons. The smallest absolute Gasteiger partial charge is 0.335 e. The predicted octanol–water partition coefficient (Wildman–Crippen LogP) is 0.872. The highest BCUT2D eigenvalue weighted by molar-refractivity contribution is 5.79. The lowest BCUT2D eigenvalue weighted by atomic mass is 9.33. The van der Waals surface area contributed by atoms with Gasteiger partial charge < -0.3 is 79.5 Å². The third-order valence-corrected chi connectivity index (χ3v) is 18.9. The number of aliphatic hydroxyl groups excluding tert-OH is 9. The van der Waals surface area contributed by atoms with Gasteiger partial charge in [0.2, 0.25) is 6.29 Å². The van der Waals surface area contributed by atoms with Crippen molar-refractivity contribution >= 4 is 11.9 Å². The summed E-state index contributed by atoms with van der Waals surface area (Å²) in [6.07, 6.45) is -13.6. The highest BCUT2D eigenvalue weighted by Gasteiger charge is 2.70. The minimum Gasteiger partial charge on any atom is -0.479 e. The van der Waals surface area contributed by atoms with Crippen molar-refractivity contribution in [2.24, 2.45) is 50.2 Å². The molecule has 3 saturated heterocycles. The first-order valence-electron chi connectivity index (χ1n) is 23.7. The molecule has 370 valence electrons. The Hall–Kier alpha value is -1.88. The third kappa shape index (κ3) is 7.76. The minimum absolute atomic E-state index is 0.0646. The van der Waals surface area contributed by atoms with Crippen LogP contribution in [0.25, 0.3) is 0 Å². The zero-order valence-corrected chi connectivity index (χ0v) is 38.7. The number of esters is 1. The fourth-order valence-corrected chi connectivity index (χ4v) is 14.7. The lowest BCUT2D eigenvalue weighted by Crippen LogP contribution is -2.67. The summed E-state index contributed by atoms with van der Waals surface area (Å²) in [5, 5.41) is 105. The van der Waals surface area contributed by atoms with Crippen molar-refractivity contribution in [1.29, 1.82) is 0 Å². The molecule has 7 fully saturated rings. The van der Waals surface area contributed by atoms with Gasteiger partial charge in [-0.1, -0.05) is 60.1 Å². The van der Waals surface area contributed by atoms with E-state index < -0.39 is 128 Å². The SMILES string of the molecule is CC1(C)CC[C@]2(C(=O)O[C@@H]3O[C@H](CO)[C@@H](O)[C@H](O)[C@H]3O)CC[C@]3(C)C(=CCC4[C@@]5(C)CC[C@@H](O[C@@H]6O[C@H](C(=O)O)[C@@H](O[C@@H]7OC[C@@H](O)[C@H](O)[C@H]7O)[C@H](O)[C@H]6O)C(C)(C)C5CC[C@]43C)[C@@H]2C1. The van der Waals surface area contributed by atoms with Gasteiger partial charge >= 0.3 is 11.9 Å². The highest BCUT2D eigenvalue weighted by Crippen LogP contribution is 2.76. The molecule has 3 heterocycles.